The minimum Gasteiger partial charge on any atom is -0.475 e. The number of anilines is 2. The molecule has 27 heavy (non-hydrogen) atoms. The first-order chi connectivity index (χ1) is 13.2. The summed E-state index contributed by atoms with van der Waals surface area (Å²) in [5.41, 5.74) is 2.30. The van der Waals surface area contributed by atoms with Crippen molar-refractivity contribution in [2.45, 2.75) is 6.54 Å². The second kappa shape index (κ2) is 9.35. The minimum absolute atomic E-state index is 0.371. The van der Waals surface area contributed by atoms with Crippen molar-refractivity contribution in [3.63, 3.8) is 0 Å². The van der Waals surface area contributed by atoms with E-state index in [4.69, 9.17) is 9.47 Å². The van der Waals surface area contributed by atoms with Crippen molar-refractivity contribution in [1.82, 2.24) is 14.8 Å². The number of hydrogen-bond acceptors (Lipinski definition) is 5. The summed E-state index contributed by atoms with van der Waals surface area (Å²) >= 11 is 0. The first kappa shape index (κ1) is 18.4. The van der Waals surface area contributed by atoms with Crippen LogP contribution in [0.4, 0.5) is 16.2 Å². The van der Waals surface area contributed by atoms with E-state index in [0.29, 0.717) is 37.0 Å². The number of pyridine rings is 1. The molecule has 2 aromatic heterocycles. The third-order valence-corrected chi connectivity index (χ3v) is 3.61. The van der Waals surface area contributed by atoms with E-state index in [2.05, 4.69) is 20.7 Å². The van der Waals surface area contributed by atoms with E-state index < -0.39 is 0 Å². The summed E-state index contributed by atoms with van der Waals surface area (Å²) < 4.78 is 12.0. The predicted molar refractivity (Wildman–Crippen MR) is 102 cm³/mol. The molecule has 0 saturated heterocycles. The number of amides is 2. The minimum atomic E-state index is -0.371. The number of nitrogens with zero attached hydrogens (tertiary/aromatic N) is 3. The first-order valence-corrected chi connectivity index (χ1v) is 8.45. The molecule has 0 fully saturated rings. The SMILES string of the molecule is COCCOc1ccc(NC(=O)Nc2cnn(Cc3ccccc3)c2)cn1. The number of hydrogen-bond donors (Lipinski definition) is 2. The highest BCUT2D eigenvalue weighted by Crippen LogP contribution is 2.13. The molecule has 0 unspecified atom stereocenters. The number of nitrogens with one attached hydrogen (secondary N) is 2. The summed E-state index contributed by atoms with van der Waals surface area (Å²) in [5.74, 6) is 0.472. The summed E-state index contributed by atoms with van der Waals surface area (Å²) in [5, 5.41) is 9.71. The van der Waals surface area contributed by atoms with Gasteiger partial charge in [0.25, 0.3) is 0 Å². The van der Waals surface area contributed by atoms with Crippen LogP contribution in [0.3, 0.4) is 0 Å². The van der Waals surface area contributed by atoms with Crippen molar-refractivity contribution >= 4 is 17.4 Å². The van der Waals surface area contributed by atoms with Gasteiger partial charge in [-0.15, -0.1) is 0 Å². The Hall–Kier alpha value is -3.39. The fourth-order valence-corrected chi connectivity index (χ4v) is 2.35. The van der Waals surface area contributed by atoms with Crippen LogP contribution in [0.15, 0.2) is 61.1 Å². The molecule has 8 nitrogen and oxygen atoms in total. The molecule has 0 radical (unpaired) electrons. The molecule has 2 N–H and O–H groups in total. The van der Waals surface area contributed by atoms with E-state index in [1.165, 1.54) is 6.20 Å². The van der Waals surface area contributed by atoms with Gasteiger partial charge in [0.1, 0.15) is 6.61 Å². The Bertz CT molecular complexity index is 849. The average molecular weight is 367 g/mol. The van der Waals surface area contributed by atoms with Gasteiger partial charge >= 0.3 is 6.03 Å². The molecular formula is C19H21N5O3. The molecule has 8 heteroatoms. The number of methoxy groups -OCH3 is 1. The van der Waals surface area contributed by atoms with Gasteiger partial charge in [0, 0.05) is 19.4 Å². The molecule has 0 spiro atoms. The molecule has 0 bridgehead atoms. The molecule has 0 aliphatic heterocycles. The van der Waals surface area contributed by atoms with Crippen LogP contribution in [0.25, 0.3) is 0 Å². The van der Waals surface area contributed by atoms with Crippen LogP contribution in [0, 0.1) is 0 Å². The highest BCUT2D eigenvalue weighted by atomic mass is 16.5. The lowest BCUT2D eigenvalue weighted by Crippen LogP contribution is -2.19. The van der Waals surface area contributed by atoms with Crippen LogP contribution in [-0.2, 0) is 11.3 Å². The quantitative estimate of drug-likeness (QED) is 0.597. The molecular weight excluding hydrogens is 346 g/mol. The number of carbonyl (C=O) groups excluding carboxylic acids is 1. The Morgan fingerprint density at radius 2 is 1.85 bits per heavy atom. The lowest BCUT2D eigenvalue weighted by molar-refractivity contribution is 0.144. The van der Waals surface area contributed by atoms with Crippen LogP contribution in [0.5, 0.6) is 5.88 Å². The fraction of sp³-hybridized carbons (Fsp3) is 0.211. The predicted octanol–water partition coefficient (Wildman–Crippen LogP) is 3.00. The molecule has 3 rings (SSSR count). The van der Waals surface area contributed by atoms with Crippen LogP contribution in [0.1, 0.15) is 5.56 Å². The molecule has 0 aliphatic carbocycles. The van der Waals surface area contributed by atoms with Crippen molar-refractivity contribution in [3.05, 3.63) is 66.6 Å². The lowest BCUT2D eigenvalue weighted by atomic mass is 10.2. The molecule has 3 aromatic rings. The standard InChI is InChI=1S/C19H21N5O3/c1-26-9-10-27-18-8-7-16(11-20-18)22-19(25)23-17-12-21-24(14-17)13-15-5-3-2-4-6-15/h2-8,11-12,14H,9-10,13H2,1H3,(H2,22,23,25). The van der Waals surface area contributed by atoms with E-state index in [-0.39, 0.29) is 6.03 Å². The van der Waals surface area contributed by atoms with Crippen LogP contribution in [0.2, 0.25) is 0 Å². The van der Waals surface area contributed by atoms with Gasteiger partial charge in [0.15, 0.2) is 0 Å². The molecule has 1 aromatic carbocycles. The molecule has 2 heterocycles. The highest BCUT2D eigenvalue weighted by molar-refractivity contribution is 5.99. The largest absolute Gasteiger partial charge is 0.475 e. The number of urea groups is 1. The second-order valence-corrected chi connectivity index (χ2v) is 5.72. The van der Waals surface area contributed by atoms with Crippen molar-refractivity contribution in [3.8, 4) is 5.88 Å². The summed E-state index contributed by atoms with van der Waals surface area (Å²) in [6.07, 6.45) is 4.91. The molecule has 0 saturated carbocycles. The number of aromatic nitrogens is 3. The van der Waals surface area contributed by atoms with Gasteiger partial charge in [-0.3, -0.25) is 4.68 Å². The smallest absolute Gasteiger partial charge is 0.323 e. The summed E-state index contributed by atoms with van der Waals surface area (Å²) in [7, 11) is 1.60. The third-order valence-electron chi connectivity index (χ3n) is 3.61. The Morgan fingerprint density at radius 3 is 2.59 bits per heavy atom. The van der Waals surface area contributed by atoms with Crippen LogP contribution in [-0.4, -0.2) is 41.1 Å². The Balaban J connectivity index is 1.49. The summed E-state index contributed by atoms with van der Waals surface area (Å²) in [4.78, 5) is 16.2. The number of rotatable bonds is 8. The van der Waals surface area contributed by atoms with E-state index in [1.807, 2.05) is 30.3 Å². The van der Waals surface area contributed by atoms with E-state index in [1.54, 1.807) is 36.3 Å². The van der Waals surface area contributed by atoms with Crippen LogP contribution < -0.4 is 15.4 Å². The van der Waals surface area contributed by atoms with E-state index in [0.717, 1.165) is 5.56 Å². The normalized spacial score (nSPS) is 10.4. The van der Waals surface area contributed by atoms with Gasteiger partial charge < -0.3 is 20.1 Å². The number of benzene rings is 1. The summed E-state index contributed by atoms with van der Waals surface area (Å²) in [6.45, 7) is 1.55. The zero-order valence-corrected chi connectivity index (χ0v) is 15.0. The van der Waals surface area contributed by atoms with E-state index >= 15 is 0 Å². The third kappa shape index (κ3) is 5.82. The van der Waals surface area contributed by atoms with Gasteiger partial charge in [0.2, 0.25) is 5.88 Å². The Morgan fingerprint density at radius 1 is 1.04 bits per heavy atom. The average Bonchev–Trinajstić information content (AvgIpc) is 3.11. The van der Waals surface area contributed by atoms with Crippen molar-refractivity contribution in [2.24, 2.45) is 0 Å². The van der Waals surface area contributed by atoms with Crippen molar-refractivity contribution < 1.29 is 14.3 Å². The Labute approximate surface area is 157 Å². The van der Waals surface area contributed by atoms with Gasteiger partial charge in [-0.05, 0) is 11.6 Å². The van der Waals surface area contributed by atoms with Crippen LogP contribution >= 0.6 is 0 Å². The van der Waals surface area contributed by atoms with Gasteiger partial charge in [-0.1, -0.05) is 30.3 Å². The van der Waals surface area contributed by atoms with Gasteiger partial charge in [0.05, 0.1) is 36.9 Å². The maximum absolute atomic E-state index is 12.1. The zero-order chi connectivity index (χ0) is 18.9. The van der Waals surface area contributed by atoms with E-state index in [9.17, 15) is 4.79 Å². The molecule has 0 atom stereocenters. The Kier molecular flexibility index (Phi) is 6.37. The monoisotopic (exact) mass is 367 g/mol. The highest BCUT2D eigenvalue weighted by Gasteiger charge is 2.06. The lowest BCUT2D eigenvalue weighted by Gasteiger charge is -2.07. The molecule has 0 aliphatic rings. The maximum atomic E-state index is 12.1. The fourth-order valence-electron chi connectivity index (χ4n) is 2.35. The molecule has 2 amide bonds. The summed E-state index contributed by atoms with van der Waals surface area (Å²) in [6, 6.07) is 13.0. The zero-order valence-electron chi connectivity index (χ0n) is 15.0. The van der Waals surface area contributed by atoms with Gasteiger partial charge in [-0.25, -0.2) is 9.78 Å². The first-order valence-electron chi connectivity index (χ1n) is 8.45. The molecule has 140 valence electrons. The van der Waals surface area contributed by atoms with Crippen molar-refractivity contribution in [1.29, 1.82) is 0 Å². The topological polar surface area (TPSA) is 90.3 Å². The van der Waals surface area contributed by atoms with Gasteiger partial charge in [-0.2, -0.15) is 5.10 Å². The number of carbonyl (C=O) groups is 1. The number of ether oxygens (including phenoxy) is 2. The second-order valence-electron chi connectivity index (χ2n) is 5.72. The maximum Gasteiger partial charge on any atom is 0.323 e. The van der Waals surface area contributed by atoms with Crippen molar-refractivity contribution in [2.75, 3.05) is 31.0 Å².